The van der Waals surface area contributed by atoms with Crippen molar-refractivity contribution >= 4 is 5.97 Å². The van der Waals surface area contributed by atoms with Crippen LogP contribution < -0.4 is 35.3 Å². The molecule has 0 amide bonds. The first-order chi connectivity index (χ1) is 11.1. The maximum atomic E-state index is 11.7. The molecule has 0 aliphatic rings. The molecular weight excluding hydrogens is 309 g/mol. The Morgan fingerprint density at radius 2 is 1.67 bits per heavy atom. The van der Waals surface area contributed by atoms with E-state index in [-0.39, 0.29) is 48.9 Å². The average Bonchev–Trinajstić information content (AvgIpc) is 2.56. The number of nitrogens with two attached hydrogens (primary N) is 1. The quantitative estimate of drug-likeness (QED) is 0.605. The topological polar surface area (TPSA) is 52.3 Å². The second-order valence-corrected chi connectivity index (χ2v) is 5.92. The third kappa shape index (κ3) is 6.40. The largest absolute Gasteiger partial charge is 1.00 e. The van der Waals surface area contributed by atoms with Crippen molar-refractivity contribution in [1.82, 2.24) is 0 Å². The summed E-state index contributed by atoms with van der Waals surface area (Å²) in [6, 6.07) is 18.7. The Kier molecular flexibility index (Phi) is 9.30. The van der Waals surface area contributed by atoms with E-state index in [2.05, 4.69) is 36.4 Å². The van der Waals surface area contributed by atoms with E-state index in [1.54, 1.807) is 0 Å². The van der Waals surface area contributed by atoms with E-state index >= 15 is 0 Å². The Hall–Kier alpha value is -1.13. The molecule has 0 bridgehead atoms. The van der Waals surface area contributed by atoms with Crippen molar-refractivity contribution in [3.63, 3.8) is 0 Å². The van der Waals surface area contributed by atoms with Gasteiger partial charge in [0.2, 0.25) is 0 Å². The number of benzene rings is 2. The van der Waals surface area contributed by atoms with Crippen molar-refractivity contribution in [2.45, 2.75) is 32.7 Å². The molecule has 2 atom stereocenters. The third-order valence-electron chi connectivity index (χ3n) is 3.90. The van der Waals surface area contributed by atoms with Gasteiger partial charge in [-0.25, -0.2) is 0 Å². The van der Waals surface area contributed by atoms with Gasteiger partial charge in [-0.05, 0) is 36.5 Å². The van der Waals surface area contributed by atoms with Crippen LogP contribution >= 0.6 is 0 Å². The van der Waals surface area contributed by atoms with Gasteiger partial charge in [-0.1, -0.05) is 61.5 Å². The molecule has 2 rings (SSSR count). The molecule has 1 unspecified atom stereocenters. The van der Waals surface area contributed by atoms with Gasteiger partial charge in [-0.3, -0.25) is 4.79 Å². The minimum atomic E-state index is -0.164. The predicted octanol–water partition coefficient (Wildman–Crippen LogP) is 0.929. The number of rotatable bonds is 7. The van der Waals surface area contributed by atoms with Crippen molar-refractivity contribution in [3.05, 3.63) is 60.2 Å². The van der Waals surface area contributed by atoms with Crippen molar-refractivity contribution in [2.24, 2.45) is 11.7 Å². The maximum Gasteiger partial charge on any atom is 1.00 e. The summed E-state index contributed by atoms with van der Waals surface area (Å²) < 4.78 is 5.02. The van der Waals surface area contributed by atoms with Gasteiger partial charge in [0.25, 0.3) is 0 Å². The normalized spacial score (nSPS) is 12.8. The summed E-state index contributed by atoms with van der Waals surface area (Å²) in [6.07, 6.45) is 1.40. The molecule has 4 heteroatoms. The Labute approximate surface area is 168 Å². The van der Waals surface area contributed by atoms with Gasteiger partial charge in [-0.15, -0.1) is 0 Å². The number of carbonyl (C=O) groups excluding carboxylic acids is 1. The SMILES string of the molecule is CCOC(=O)[C@H](C)CC(N)Cc1ccc(-c2ccccc2)cc1.[H-].[Na+]. The zero-order valence-corrected chi connectivity index (χ0v) is 16.9. The summed E-state index contributed by atoms with van der Waals surface area (Å²) in [4.78, 5) is 11.7. The van der Waals surface area contributed by atoms with Crippen LogP contribution in [0.4, 0.5) is 0 Å². The van der Waals surface area contributed by atoms with E-state index in [4.69, 9.17) is 10.5 Å². The number of esters is 1. The standard InChI is InChI=1S/C20H25NO2.Na.H/c1-3-23-20(22)15(2)13-19(21)14-16-9-11-18(12-10-16)17-7-5-4-6-8-17;;/h4-12,15,19H,3,13-14,21H2,1-2H3;;/q;+1;-1/t15-,19?;;/m1../s1. The van der Waals surface area contributed by atoms with E-state index in [0.29, 0.717) is 13.0 Å². The molecule has 3 nitrogen and oxygen atoms in total. The van der Waals surface area contributed by atoms with Gasteiger partial charge >= 0.3 is 35.5 Å². The van der Waals surface area contributed by atoms with Crippen molar-refractivity contribution in [2.75, 3.05) is 6.61 Å². The minimum Gasteiger partial charge on any atom is -1.00 e. The maximum absolute atomic E-state index is 11.7. The fourth-order valence-corrected chi connectivity index (χ4v) is 2.68. The first-order valence-corrected chi connectivity index (χ1v) is 8.16. The Morgan fingerprint density at radius 1 is 1.08 bits per heavy atom. The van der Waals surface area contributed by atoms with E-state index < -0.39 is 0 Å². The minimum absolute atomic E-state index is 0. The summed E-state index contributed by atoms with van der Waals surface area (Å²) in [6.45, 7) is 4.11. The molecule has 2 aromatic rings. The van der Waals surface area contributed by atoms with Crippen LogP contribution in [0.25, 0.3) is 11.1 Å². The number of hydrogen-bond donors (Lipinski definition) is 1. The van der Waals surface area contributed by atoms with Crippen LogP contribution in [0.2, 0.25) is 0 Å². The molecular formula is C20H26NNaO2. The van der Waals surface area contributed by atoms with Crippen molar-refractivity contribution in [3.8, 4) is 11.1 Å². The molecule has 0 heterocycles. The van der Waals surface area contributed by atoms with Crippen LogP contribution in [0.3, 0.4) is 0 Å². The average molecular weight is 335 g/mol. The van der Waals surface area contributed by atoms with Crippen LogP contribution in [0.5, 0.6) is 0 Å². The van der Waals surface area contributed by atoms with Crippen LogP contribution in [0.1, 0.15) is 27.3 Å². The van der Waals surface area contributed by atoms with Gasteiger partial charge in [0, 0.05) is 6.04 Å². The molecule has 0 aromatic heterocycles. The Balaban J connectivity index is 0.00000288. The van der Waals surface area contributed by atoms with E-state index in [1.807, 2.05) is 32.0 Å². The summed E-state index contributed by atoms with van der Waals surface area (Å²) in [7, 11) is 0. The zero-order valence-electron chi connectivity index (χ0n) is 15.9. The molecule has 124 valence electrons. The van der Waals surface area contributed by atoms with Crippen LogP contribution in [-0.2, 0) is 16.0 Å². The van der Waals surface area contributed by atoms with E-state index in [1.165, 1.54) is 16.7 Å². The predicted molar refractivity (Wildman–Crippen MR) is 95.1 cm³/mol. The second kappa shape index (κ2) is 10.7. The number of ether oxygens (including phenoxy) is 1. The third-order valence-corrected chi connectivity index (χ3v) is 3.90. The molecule has 0 saturated heterocycles. The molecule has 2 aromatic carbocycles. The summed E-state index contributed by atoms with van der Waals surface area (Å²) in [5, 5.41) is 0. The zero-order chi connectivity index (χ0) is 16.7. The van der Waals surface area contributed by atoms with Gasteiger partial charge in [-0.2, -0.15) is 0 Å². The molecule has 0 radical (unpaired) electrons. The van der Waals surface area contributed by atoms with E-state index in [9.17, 15) is 4.79 Å². The molecule has 0 aliphatic carbocycles. The molecule has 0 fully saturated rings. The number of hydrogen-bond acceptors (Lipinski definition) is 3. The first kappa shape index (κ1) is 20.9. The van der Waals surface area contributed by atoms with Crippen molar-refractivity contribution in [1.29, 1.82) is 0 Å². The van der Waals surface area contributed by atoms with E-state index in [0.717, 1.165) is 6.42 Å². The van der Waals surface area contributed by atoms with Gasteiger partial charge in [0.1, 0.15) is 0 Å². The molecule has 0 spiro atoms. The van der Waals surface area contributed by atoms with Crippen molar-refractivity contribution < 1.29 is 40.5 Å². The first-order valence-electron chi connectivity index (χ1n) is 8.16. The molecule has 24 heavy (non-hydrogen) atoms. The molecule has 0 aliphatic heterocycles. The van der Waals surface area contributed by atoms with Gasteiger partial charge in [0.05, 0.1) is 12.5 Å². The van der Waals surface area contributed by atoms with Crippen LogP contribution in [0.15, 0.2) is 54.6 Å². The fourth-order valence-electron chi connectivity index (χ4n) is 2.68. The van der Waals surface area contributed by atoms with Gasteiger partial charge < -0.3 is 11.9 Å². The van der Waals surface area contributed by atoms with Crippen LogP contribution in [-0.4, -0.2) is 18.6 Å². The smallest absolute Gasteiger partial charge is 1.00 e. The summed E-state index contributed by atoms with van der Waals surface area (Å²) >= 11 is 0. The second-order valence-electron chi connectivity index (χ2n) is 5.92. The number of carbonyl (C=O) groups is 1. The monoisotopic (exact) mass is 335 g/mol. The van der Waals surface area contributed by atoms with Crippen LogP contribution in [0, 0.1) is 5.92 Å². The summed E-state index contributed by atoms with van der Waals surface area (Å²) in [5.74, 6) is -0.323. The fraction of sp³-hybridized carbons (Fsp3) is 0.350. The Morgan fingerprint density at radius 3 is 2.25 bits per heavy atom. The molecule has 2 N–H and O–H groups in total. The Bertz CT molecular complexity index is 619. The summed E-state index contributed by atoms with van der Waals surface area (Å²) in [5.41, 5.74) is 9.77. The molecule has 0 saturated carbocycles. The van der Waals surface area contributed by atoms with Gasteiger partial charge in [0.15, 0.2) is 0 Å².